The second-order valence-electron chi connectivity index (χ2n) is 3.58. The fourth-order valence-corrected chi connectivity index (χ4v) is 1.92. The van der Waals surface area contributed by atoms with Crippen molar-refractivity contribution in [1.82, 2.24) is 0 Å². The van der Waals surface area contributed by atoms with Crippen LogP contribution in [0.15, 0.2) is 0 Å². The molecule has 0 heterocycles. The zero-order chi connectivity index (χ0) is 12.5. The molecular formula is C12H27O3Sn. The molecule has 4 heteroatoms. The first-order chi connectivity index (χ1) is 7.83. The van der Waals surface area contributed by atoms with Crippen molar-refractivity contribution in [2.75, 3.05) is 26.4 Å². The van der Waals surface area contributed by atoms with Crippen LogP contribution in [0.3, 0.4) is 0 Å². The van der Waals surface area contributed by atoms with Gasteiger partial charge in [-0.1, -0.05) is 0 Å². The van der Waals surface area contributed by atoms with E-state index in [2.05, 4.69) is 6.92 Å². The van der Waals surface area contributed by atoms with Crippen LogP contribution in [0.1, 0.15) is 45.4 Å². The third-order valence-electron chi connectivity index (χ3n) is 1.92. The fourth-order valence-electron chi connectivity index (χ4n) is 0.911. The van der Waals surface area contributed by atoms with E-state index in [0.717, 1.165) is 38.9 Å². The number of hydrogen-bond acceptors (Lipinski definition) is 3. The van der Waals surface area contributed by atoms with Crippen LogP contribution >= 0.6 is 0 Å². The molecule has 97 valence electrons. The molecule has 0 aromatic rings. The van der Waals surface area contributed by atoms with Crippen LogP contribution in [-0.4, -0.2) is 59.2 Å². The van der Waals surface area contributed by atoms with Gasteiger partial charge >= 0.3 is 46.7 Å². The topological polar surface area (TPSA) is 49.7 Å². The van der Waals surface area contributed by atoms with E-state index < -0.39 is 0 Å². The van der Waals surface area contributed by atoms with Crippen molar-refractivity contribution in [2.24, 2.45) is 0 Å². The number of rotatable bonds is 10. The van der Waals surface area contributed by atoms with Gasteiger partial charge in [-0.2, -0.15) is 0 Å². The van der Waals surface area contributed by atoms with Crippen LogP contribution in [0.2, 0.25) is 4.44 Å². The maximum Gasteiger partial charge on any atom is 0.0466 e. The Morgan fingerprint density at radius 3 is 1.62 bits per heavy atom. The molecule has 0 aromatic carbocycles. The zero-order valence-corrected chi connectivity index (χ0v) is 13.4. The Hall–Kier alpha value is 0.679. The molecule has 3 nitrogen and oxygen atoms in total. The van der Waals surface area contributed by atoms with Gasteiger partial charge in [0, 0.05) is 26.4 Å². The average Bonchev–Trinajstić information content (AvgIpc) is 2.30. The van der Waals surface area contributed by atoms with Gasteiger partial charge in [0.15, 0.2) is 0 Å². The minimum atomic E-state index is 0.250. The first-order valence-corrected chi connectivity index (χ1v) is 8.29. The van der Waals surface area contributed by atoms with E-state index >= 15 is 0 Å². The Bertz CT molecular complexity index is 92.3. The second-order valence-corrected chi connectivity index (χ2v) is 5.00. The first-order valence-electron chi connectivity index (χ1n) is 6.27. The summed E-state index contributed by atoms with van der Waals surface area (Å²) in [5.74, 6) is 0. The van der Waals surface area contributed by atoms with E-state index in [0.29, 0.717) is 0 Å². The van der Waals surface area contributed by atoms with Gasteiger partial charge in [-0.3, -0.25) is 0 Å². The van der Waals surface area contributed by atoms with Crippen LogP contribution in [0.4, 0.5) is 0 Å². The number of unbranched alkanes of at least 4 members (excludes halogenated alkanes) is 3. The maximum absolute atomic E-state index is 8.42. The van der Waals surface area contributed by atoms with Gasteiger partial charge in [0.25, 0.3) is 0 Å². The molecule has 0 spiro atoms. The van der Waals surface area contributed by atoms with E-state index in [1.54, 1.807) is 22.5 Å². The minimum absolute atomic E-state index is 0.250. The Morgan fingerprint density at radius 1 is 0.875 bits per heavy atom. The number of aliphatic hydroxyl groups excluding tert-OH is 2. The van der Waals surface area contributed by atoms with Gasteiger partial charge < -0.3 is 14.9 Å². The van der Waals surface area contributed by atoms with Crippen molar-refractivity contribution in [1.29, 1.82) is 0 Å². The van der Waals surface area contributed by atoms with Crippen LogP contribution < -0.4 is 0 Å². The molecular weight excluding hydrogens is 311 g/mol. The summed E-state index contributed by atoms with van der Waals surface area (Å²) in [6, 6.07) is 0. The Morgan fingerprint density at radius 2 is 1.38 bits per heavy atom. The van der Waals surface area contributed by atoms with Gasteiger partial charge in [-0.15, -0.1) is 0 Å². The summed E-state index contributed by atoms with van der Waals surface area (Å²) >= 11 is 1.68. The van der Waals surface area contributed by atoms with Crippen molar-refractivity contribution in [3.05, 3.63) is 0 Å². The van der Waals surface area contributed by atoms with Gasteiger partial charge in [0.1, 0.15) is 0 Å². The van der Waals surface area contributed by atoms with Crippen LogP contribution in [0.5, 0.6) is 0 Å². The molecule has 0 bridgehead atoms. The van der Waals surface area contributed by atoms with Gasteiger partial charge in [-0.25, -0.2) is 0 Å². The summed E-state index contributed by atoms with van der Waals surface area (Å²) < 4.78 is 6.65. The summed E-state index contributed by atoms with van der Waals surface area (Å²) in [6.07, 6.45) is 6.29. The Labute approximate surface area is 114 Å². The monoisotopic (exact) mass is 339 g/mol. The molecule has 0 amide bonds. The average molecular weight is 338 g/mol. The summed E-state index contributed by atoms with van der Waals surface area (Å²) in [4.78, 5) is 0. The van der Waals surface area contributed by atoms with Gasteiger partial charge in [0.05, 0.1) is 0 Å². The van der Waals surface area contributed by atoms with Crippen LogP contribution in [0.25, 0.3) is 0 Å². The summed E-state index contributed by atoms with van der Waals surface area (Å²) in [7, 11) is 0. The van der Waals surface area contributed by atoms with Gasteiger partial charge in [0.2, 0.25) is 0 Å². The largest absolute Gasteiger partial charge is 0.396 e. The predicted octanol–water partition coefficient (Wildman–Crippen LogP) is 1.92. The van der Waals surface area contributed by atoms with Crippen molar-refractivity contribution in [3.63, 3.8) is 0 Å². The maximum atomic E-state index is 8.42. The van der Waals surface area contributed by atoms with E-state index in [9.17, 15) is 0 Å². The van der Waals surface area contributed by atoms with Crippen LogP contribution in [0, 0.1) is 0 Å². The molecule has 0 saturated heterocycles. The normalized spacial score (nSPS) is 9.75. The molecule has 0 atom stereocenters. The van der Waals surface area contributed by atoms with E-state index in [1.165, 1.54) is 17.3 Å². The molecule has 0 aromatic heterocycles. The number of hydrogen-bond donors (Lipinski definition) is 2. The predicted molar refractivity (Wildman–Crippen MR) is 68.9 cm³/mol. The molecule has 3 radical (unpaired) electrons. The molecule has 0 unspecified atom stereocenters. The van der Waals surface area contributed by atoms with Crippen LogP contribution in [-0.2, 0) is 4.74 Å². The summed E-state index contributed by atoms with van der Waals surface area (Å²) in [5, 5.41) is 16.8. The minimum Gasteiger partial charge on any atom is -0.396 e. The summed E-state index contributed by atoms with van der Waals surface area (Å²) in [6.45, 7) is 4.18. The van der Waals surface area contributed by atoms with E-state index in [1.807, 2.05) is 0 Å². The van der Waals surface area contributed by atoms with Crippen molar-refractivity contribution >= 4 is 22.5 Å². The van der Waals surface area contributed by atoms with Crippen molar-refractivity contribution in [2.45, 2.75) is 49.9 Å². The molecule has 0 rings (SSSR count). The fraction of sp³-hybridized carbons (Fsp3) is 1.00. The molecule has 0 aliphatic heterocycles. The quantitative estimate of drug-likeness (QED) is 0.473. The standard InChI is InChI=1S/C8H18O3.C4H9.Sn/c9-5-1-3-7-11-8-4-2-6-10;1-3-4-2;/h9-10H,1-8H2;1,3-4H2,2H3;. The zero-order valence-electron chi connectivity index (χ0n) is 10.6. The van der Waals surface area contributed by atoms with Crippen molar-refractivity contribution < 1.29 is 14.9 Å². The summed E-state index contributed by atoms with van der Waals surface area (Å²) in [5.41, 5.74) is 0. The van der Waals surface area contributed by atoms with Crippen molar-refractivity contribution in [3.8, 4) is 0 Å². The molecule has 0 fully saturated rings. The molecule has 0 aliphatic carbocycles. The first kappa shape index (κ1) is 19.0. The van der Waals surface area contributed by atoms with Gasteiger partial charge in [-0.05, 0) is 25.7 Å². The Kier molecular flexibility index (Phi) is 25.0. The molecule has 2 N–H and O–H groups in total. The number of ether oxygens (including phenoxy) is 1. The number of aliphatic hydroxyl groups is 2. The Balaban J connectivity index is 0. The molecule has 16 heavy (non-hydrogen) atoms. The third-order valence-corrected chi connectivity index (χ3v) is 2.93. The van der Waals surface area contributed by atoms with E-state index in [-0.39, 0.29) is 13.2 Å². The second kappa shape index (κ2) is 21.0. The smallest absolute Gasteiger partial charge is 0.0466 e. The molecule has 0 aliphatic rings. The molecule has 0 saturated carbocycles. The third kappa shape index (κ3) is 24.1. The van der Waals surface area contributed by atoms with E-state index in [4.69, 9.17) is 14.9 Å². The SMILES string of the molecule is CCC[CH2][Sn].OCCCCOCCCCO.